The summed E-state index contributed by atoms with van der Waals surface area (Å²) < 4.78 is 27.6. The van der Waals surface area contributed by atoms with Gasteiger partial charge in [0.05, 0.1) is 11.9 Å². The van der Waals surface area contributed by atoms with Crippen molar-refractivity contribution in [2.75, 3.05) is 18.0 Å². The van der Waals surface area contributed by atoms with Gasteiger partial charge in [0.25, 0.3) is 5.56 Å². The number of aromatic nitrogens is 2. The van der Waals surface area contributed by atoms with E-state index in [4.69, 9.17) is 0 Å². The first-order valence-electron chi connectivity index (χ1n) is 8.43. The van der Waals surface area contributed by atoms with Gasteiger partial charge in [0.15, 0.2) is 0 Å². The van der Waals surface area contributed by atoms with Gasteiger partial charge in [0, 0.05) is 44.7 Å². The smallest absolute Gasteiger partial charge is 0.268 e. The van der Waals surface area contributed by atoms with Crippen molar-refractivity contribution in [2.24, 2.45) is 13.0 Å². The van der Waals surface area contributed by atoms with E-state index in [1.807, 2.05) is 4.90 Å². The Bertz CT molecular complexity index is 840. The Morgan fingerprint density at radius 1 is 1.19 bits per heavy atom. The molecule has 1 N–H and O–H groups in total. The van der Waals surface area contributed by atoms with E-state index in [2.05, 4.69) is 10.4 Å². The normalized spacial score (nSPS) is 15.1. The molecular formula is C18H20F2N4O2. The monoisotopic (exact) mass is 362 g/mol. The fourth-order valence-electron chi connectivity index (χ4n) is 3.08. The zero-order valence-electron chi connectivity index (χ0n) is 14.4. The molecule has 1 aromatic heterocycles. The number of hydrogen-bond donors (Lipinski definition) is 1. The highest BCUT2D eigenvalue weighted by atomic mass is 19.1. The molecule has 0 aliphatic carbocycles. The summed E-state index contributed by atoms with van der Waals surface area (Å²) in [5, 5.41) is 6.74. The Labute approximate surface area is 149 Å². The molecule has 2 heterocycles. The van der Waals surface area contributed by atoms with Gasteiger partial charge in [0.1, 0.15) is 11.6 Å². The molecule has 1 amide bonds. The van der Waals surface area contributed by atoms with Crippen molar-refractivity contribution >= 4 is 11.6 Å². The molecule has 6 nitrogen and oxygen atoms in total. The van der Waals surface area contributed by atoms with Gasteiger partial charge in [-0.3, -0.25) is 9.59 Å². The van der Waals surface area contributed by atoms with Crippen LogP contribution in [0.1, 0.15) is 18.4 Å². The van der Waals surface area contributed by atoms with Gasteiger partial charge >= 0.3 is 0 Å². The molecular weight excluding hydrogens is 342 g/mol. The summed E-state index contributed by atoms with van der Waals surface area (Å²) in [7, 11) is 1.59. The maximum atomic E-state index is 13.2. The van der Waals surface area contributed by atoms with Crippen LogP contribution in [-0.2, 0) is 18.4 Å². The van der Waals surface area contributed by atoms with E-state index in [-0.39, 0.29) is 23.9 Å². The zero-order chi connectivity index (χ0) is 18.7. The second-order valence-corrected chi connectivity index (χ2v) is 6.43. The summed E-state index contributed by atoms with van der Waals surface area (Å²) in [6.45, 7) is 1.37. The van der Waals surface area contributed by atoms with Gasteiger partial charge in [-0.1, -0.05) is 0 Å². The summed E-state index contributed by atoms with van der Waals surface area (Å²) in [4.78, 5) is 26.0. The van der Waals surface area contributed by atoms with Crippen molar-refractivity contribution in [1.29, 1.82) is 0 Å². The molecule has 1 aliphatic heterocycles. The third kappa shape index (κ3) is 4.25. The Balaban J connectivity index is 1.53. The lowest BCUT2D eigenvalue weighted by Gasteiger charge is -2.32. The van der Waals surface area contributed by atoms with Gasteiger partial charge in [-0.05, 0) is 30.5 Å². The Hall–Kier alpha value is -2.77. The first-order valence-corrected chi connectivity index (χ1v) is 8.43. The number of anilines is 1. The maximum absolute atomic E-state index is 13.2. The van der Waals surface area contributed by atoms with Crippen molar-refractivity contribution in [2.45, 2.75) is 19.4 Å². The van der Waals surface area contributed by atoms with E-state index in [0.29, 0.717) is 31.5 Å². The average Bonchev–Trinajstić information content (AvgIpc) is 2.61. The Morgan fingerprint density at radius 3 is 2.46 bits per heavy atom. The number of rotatable bonds is 4. The number of halogens is 2. The lowest BCUT2D eigenvalue weighted by atomic mass is 9.95. The molecule has 1 fully saturated rings. The fourth-order valence-corrected chi connectivity index (χ4v) is 3.08. The number of nitrogens with one attached hydrogen (secondary N) is 1. The molecule has 3 rings (SSSR count). The third-order valence-corrected chi connectivity index (χ3v) is 4.57. The topological polar surface area (TPSA) is 67.2 Å². The molecule has 26 heavy (non-hydrogen) atoms. The molecule has 1 saturated heterocycles. The standard InChI is InChI=1S/C18H20F2N4O2/c1-23-17(25)9-16(11-22-23)24-4-2-13(3-5-24)18(26)21-10-12-6-14(19)8-15(20)7-12/h6-9,11,13H,2-5,10H2,1H3,(H,21,26). The highest BCUT2D eigenvalue weighted by molar-refractivity contribution is 5.79. The fraction of sp³-hybridized carbons (Fsp3) is 0.389. The lowest BCUT2D eigenvalue weighted by Crippen LogP contribution is -2.41. The van der Waals surface area contributed by atoms with Gasteiger partial charge in [0.2, 0.25) is 5.91 Å². The van der Waals surface area contributed by atoms with Gasteiger partial charge in [-0.25, -0.2) is 13.5 Å². The van der Waals surface area contributed by atoms with E-state index < -0.39 is 11.6 Å². The molecule has 0 atom stereocenters. The molecule has 0 unspecified atom stereocenters. The van der Waals surface area contributed by atoms with E-state index in [1.165, 1.54) is 22.9 Å². The minimum atomic E-state index is -0.662. The molecule has 138 valence electrons. The zero-order valence-corrected chi connectivity index (χ0v) is 14.4. The van der Waals surface area contributed by atoms with Crippen LogP contribution in [-0.4, -0.2) is 28.8 Å². The molecule has 8 heteroatoms. The number of carbonyl (C=O) groups excluding carboxylic acids is 1. The summed E-state index contributed by atoms with van der Waals surface area (Å²) >= 11 is 0. The maximum Gasteiger partial charge on any atom is 0.268 e. The minimum Gasteiger partial charge on any atom is -0.370 e. The van der Waals surface area contributed by atoms with Crippen LogP contribution in [0.3, 0.4) is 0 Å². The lowest BCUT2D eigenvalue weighted by molar-refractivity contribution is -0.125. The number of nitrogens with zero attached hydrogens (tertiary/aromatic N) is 3. The summed E-state index contributed by atoms with van der Waals surface area (Å²) in [5.74, 6) is -1.61. The van der Waals surface area contributed by atoms with Crippen LogP contribution < -0.4 is 15.8 Å². The van der Waals surface area contributed by atoms with Crippen LogP contribution in [0.15, 0.2) is 35.3 Å². The highest BCUT2D eigenvalue weighted by Gasteiger charge is 2.25. The summed E-state index contributed by atoms with van der Waals surface area (Å²) in [6, 6.07) is 4.74. The first-order chi connectivity index (χ1) is 12.4. The van der Waals surface area contributed by atoms with Crippen LogP contribution in [0.4, 0.5) is 14.5 Å². The van der Waals surface area contributed by atoms with E-state index >= 15 is 0 Å². The molecule has 2 aromatic rings. The largest absolute Gasteiger partial charge is 0.370 e. The van der Waals surface area contributed by atoms with Crippen molar-refractivity contribution in [3.63, 3.8) is 0 Å². The van der Waals surface area contributed by atoms with Crippen LogP contribution >= 0.6 is 0 Å². The predicted molar refractivity (Wildman–Crippen MR) is 92.6 cm³/mol. The van der Waals surface area contributed by atoms with Crippen molar-refractivity contribution in [3.05, 3.63) is 58.0 Å². The van der Waals surface area contributed by atoms with E-state index in [0.717, 1.165) is 11.8 Å². The van der Waals surface area contributed by atoms with Crippen LogP contribution in [0.5, 0.6) is 0 Å². The highest BCUT2D eigenvalue weighted by Crippen LogP contribution is 2.22. The SMILES string of the molecule is Cn1ncc(N2CCC(C(=O)NCc3cc(F)cc(F)c3)CC2)cc1=O. The molecule has 1 aliphatic rings. The van der Waals surface area contributed by atoms with Crippen LogP contribution in [0.2, 0.25) is 0 Å². The molecule has 0 bridgehead atoms. The number of amides is 1. The number of hydrogen-bond acceptors (Lipinski definition) is 4. The van der Waals surface area contributed by atoms with Crippen molar-refractivity contribution in [1.82, 2.24) is 15.1 Å². The van der Waals surface area contributed by atoms with Crippen LogP contribution in [0, 0.1) is 17.6 Å². The molecule has 1 aromatic carbocycles. The van der Waals surface area contributed by atoms with Crippen molar-refractivity contribution in [3.8, 4) is 0 Å². The van der Waals surface area contributed by atoms with Gasteiger partial charge < -0.3 is 10.2 Å². The minimum absolute atomic E-state index is 0.0897. The Kier molecular flexibility index (Phi) is 5.29. The second-order valence-electron chi connectivity index (χ2n) is 6.43. The van der Waals surface area contributed by atoms with E-state index in [9.17, 15) is 18.4 Å². The van der Waals surface area contributed by atoms with Crippen molar-refractivity contribution < 1.29 is 13.6 Å². The number of piperidine rings is 1. The average molecular weight is 362 g/mol. The predicted octanol–water partition coefficient (Wildman–Crippen LogP) is 1.59. The number of carbonyl (C=O) groups is 1. The summed E-state index contributed by atoms with van der Waals surface area (Å²) in [5.41, 5.74) is 0.964. The Morgan fingerprint density at radius 2 is 1.85 bits per heavy atom. The van der Waals surface area contributed by atoms with Gasteiger partial charge in [-0.15, -0.1) is 0 Å². The molecule has 0 radical (unpaired) electrons. The summed E-state index contributed by atoms with van der Waals surface area (Å²) in [6.07, 6.45) is 2.91. The van der Waals surface area contributed by atoms with Crippen LogP contribution in [0.25, 0.3) is 0 Å². The first kappa shape index (κ1) is 18.0. The molecule has 0 saturated carbocycles. The number of benzene rings is 1. The van der Waals surface area contributed by atoms with Gasteiger partial charge in [-0.2, -0.15) is 5.10 Å². The third-order valence-electron chi connectivity index (χ3n) is 4.57. The molecule has 0 spiro atoms. The second kappa shape index (κ2) is 7.63. The quantitative estimate of drug-likeness (QED) is 0.897. The number of aryl methyl sites for hydroxylation is 1. The van der Waals surface area contributed by atoms with E-state index in [1.54, 1.807) is 13.2 Å².